The van der Waals surface area contributed by atoms with Crippen molar-refractivity contribution in [1.82, 2.24) is 15.1 Å². The van der Waals surface area contributed by atoms with Crippen molar-refractivity contribution in [2.45, 2.75) is 39.7 Å². The largest absolute Gasteiger partial charge is 0.478 e. The van der Waals surface area contributed by atoms with Gasteiger partial charge in [0.05, 0.1) is 6.61 Å². The third-order valence-corrected chi connectivity index (χ3v) is 2.65. The highest BCUT2D eigenvalue weighted by Crippen LogP contribution is 2.14. The van der Waals surface area contributed by atoms with Crippen molar-refractivity contribution in [3.05, 3.63) is 29.7 Å². The van der Waals surface area contributed by atoms with Gasteiger partial charge in [-0.3, -0.25) is 0 Å². The highest BCUT2D eigenvalue weighted by atomic mass is 16.5. The summed E-state index contributed by atoms with van der Waals surface area (Å²) in [6.07, 6.45) is 2.75. The van der Waals surface area contributed by atoms with Crippen molar-refractivity contribution in [2.24, 2.45) is 0 Å². The van der Waals surface area contributed by atoms with Gasteiger partial charge in [-0.2, -0.15) is 4.98 Å². The summed E-state index contributed by atoms with van der Waals surface area (Å²) in [5.41, 5.74) is 1.03. The van der Waals surface area contributed by atoms with Gasteiger partial charge in [-0.1, -0.05) is 32.0 Å². The first-order valence-corrected chi connectivity index (χ1v) is 6.84. The summed E-state index contributed by atoms with van der Waals surface area (Å²) < 4.78 is 10.5. The number of hydrogen-bond acceptors (Lipinski definition) is 6. The molecule has 108 valence electrons. The fourth-order valence-corrected chi connectivity index (χ4v) is 1.53. The molecule has 2 aromatic heterocycles. The van der Waals surface area contributed by atoms with Gasteiger partial charge in [0.2, 0.25) is 5.88 Å². The number of hydrogen-bond donors (Lipinski definition) is 1. The zero-order valence-corrected chi connectivity index (χ0v) is 12.1. The van der Waals surface area contributed by atoms with Crippen molar-refractivity contribution in [1.29, 1.82) is 0 Å². The lowest BCUT2D eigenvalue weighted by Gasteiger charge is -2.05. The number of anilines is 1. The van der Waals surface area contributed by atoms with E-state index < -0.39 is 0 Å². The average molecular weight is 276 g/mol. The number of aromatic nitrogens is 3. The Hall–Kier alpha value is -2.11. The lowest BCUT2D eigenvalue weighted by atomic mass is 10.2. The smallest absolute Gasteiger partial charge is 0.321 e. The number of nitrogens with one attached hydrogen (secondary N) is 1. The third kappa shape index (κ3) is 3.94. The molecule has 0 saturated carbocycles. The molecule has 0 spiro atoms. The van der Waals surface area contributed by atoms with Gasteiger partial charge in [-0.25, -0.2) is 4.98 Å². The van der Waals surface area contributed by atoms with Gasteiger partial charge in [0.25, 0.3) is 0 Å². The molecule has 0 fully saturated rings. The van der Waals surface area contributed by atoms with Crippen LogP contribution < -0.4 is 10.1 Å². The van der Waals surface area contributed by atoms with Crippen molar-refractivity contribution >= 4 is 6.01 Å². The molecular weight excluding hydrogens is 256 g/mol. The normalized spacial score (nSPS) is 10.8. The minimum Gasteiger partial charge on any atom is -0.478 e. The Morgan fingerprint density at radius 3 is 2.80 bits per heavy atom. The fourth-order valence-electron chi connectivity index (χ4n) is 1.53. The summed E-state index contributed by atoms with van der Waals surface area (Å²) in [6, 6.07) is 4.25. The van der Waals surface area contributed by atoms with Gasteiger partial charge in [-0.05, 0) is 12.0 Å². The van der Waals surface area contributed by atoms with Crippen LogP contribution in [-0.2, 0) is 6.54 Å². The minimum atomic E-state index is 0.256. The average Bonchev–Trinajstić information content (AvgIpc) is 2.93. The van der Waals surface area contributed by atoms with Gasteiger partial charge in [0, 0.05) is 24.7 Å². The van der Waals surface area contributed by atoms with E-state index in [0.29, 0.717) is 30.9 Å². The number of nitrogens with zero attached hydrogens (tertiary/aromatic N) is 3. The number of rotatable bonds is 7. The minimum absolute atomic E-state index is 0.256. The van der Waals surface area contributed by atoms with Crippen molar-refractivity contribution in [3.8, 4) is 5.88 Å². The molecule has 2 heterocycles. The van der Waals surface area contributed by atoms with E-state index in [1.807, 2.05) is 26.0 Å². The first kappa shape index (κ1) is 14.3. The summed E-state index contributed by atoms with van der Waals surface area (Å²) >= 11 is 0. The summed E-state index contributed by atoms with van der Waals surface area (Å²) in [6.45, 7) is 7.38. The molecule has 0 aliphatic carbocycles. The Morgan fingerprint density at radius 1 is 1.35 bits per heavy atom. The van der Waals surface area contributed by atoms with Crippen molar-refractivity contribution in [3.63, 3.8) is 0 Å². The van der Waals surface area contributed by atoms with E-state index in [1.165, 1.54) is 0 Å². The maximum Gasteiger partial charge on any atom is 0.321 e. The maximum atomic E-state index is 5.43. The molecule has 0 aliphatic rings. The molecular formula is C14H20N4O2. The Bertz CT molecular complexity index is 522. The van der Waals surface area contributed by atoms with Crippen LogP contribution in [-0.4, -0.2) is 21.7 Å². The van der Waals surface area contributed by atoms with Gasteiger partial charge < -0.3 is 14.6 Å². The second-order valence-electron chi connectivity index (χ2n) is 4.82. The summed E-state index contributed by atoms with van der Waals surface area (Å²) in [5, 5.41) is 6.97. The molecule has 0 aliphatic heterocycles. The zero-order chi connectivity index (χ0) is 14.4. The number of ether oxygens (including phenoxy) is 1. The van der Waals surface area contributed by atoms with Gasteiger partial charge in [0.15, 0.2) is 5.82 Å². The molecule has 0 unspecified atom stereocenters. The van der Waals surface area contributed by atoms with Crippen LogP contribution in [0, 0.1) is 0 Å². The predicted octanol–water partition coefficient (Wildman–Crippen LogP) is 2.99. The topological polar surface area (TPSA) is 73.1 Å². The van der Waals surface area contributed by atoms with Crippen molar-refractivity contribution in [2.75, 3.05) is 11.9 Å². The van der Waals surface area contributed by atoms with Crippen LogP contribution in [0.4, 0.5) is 6.01 Å². The molecule has 6 nitrogen and oxygen atoms in total. The van der Waals surface area contributed by atoms with E-state index in [0.717, 1.165) is 12.0 Å². The molecule has 0 aromatic carbocycles. The molecule has 0 saturated heterocycles. The van der Waals surface area contributed by atoms with E-state index >= 15 is 0 Å². The van der Waals surface area contributed by atoms with E-state index in [4.69, 9.17) is 9.26 Å². The van der Waals surface area contributed by atoms with Crippen molar-refractivity contribution < 1.29 is 9.26 Å². The second kappa shape index (κ2) is 6.88. The van der Waals surface area contributed by atoms with Crippen LogP contribution in [0.25, 0.3) is 0 Å². The zero-order valence-electron chi connectivity index (χ0n) is 12.1. The van der Waals surface area contributed by atoms with Gasteiger partial charge >= 0.3 is 6.01 Å². The van der Waals surface area contributed by atoms with E-state index in [9.17, 15) is 0 Å². The predicted molar refractivity (Wildman–Crippen MR) is 75.7 cm³/mol. The molecule has 20 heavy (non-hydrogen) atoms. The first-order chi connectivity index (χ1) is 9.69. The molecule has 2 rings (SSSR count). The van der Waals surface area contributed by atoms with Crippen LogP contribution in [0.5, 0.6) is 5.88 Å². The molecule has 1 N–H and O–H groups in total. The van der Waals surface area contributed by atoms with Crippen LogP contribution in [0.15, 0.2) is 22.9 Å². The SMILES string of the molecule is CCCOc1ccc(CNc2nc(C(C)C)no2)cn1. The monoisotopic (exact) mass is 276 g/mol. The third-order valence-electron chi connectivity index (χ3n) is 2.65. The molecule has 0 bridgehead atoms. The van der Waals surface area contributed by atoms with Crippen LogP contribution in [0.1, 0.15) is 44.5 Å². The lowest BCUT2D eigenvalue weighted by Crippen LogP contribution is -2.02. The standard InChI is InChI=1S/C14H20N4O2/c1-4-7-19-12-6-5-11(8-15-12)9-16-14-17-13(10(2)3)18-20-14/h5-6,8,10H,4,7,9H2,1-3H3,(H,16,17,18). The molecule has 0 atom stereocenters. The fraction of sp³-hybridized carbons (Fsp3) is 0.500. The molecule has 2 aromatic rings. The Balaban J connectivity index is 1.86. The quantitative estimate of drug-likeness (QED) is 0.838. The Kier molecular flexibility index (Phi) is 4.92. The summed E-state index contributed by atoms with van der Waals surface area (Å²) in [4.78, 5) is 8.48. The summed E-state index contributed by atoms with van der Waals surface area (Å²) in [5.74, 6) is 1.61. The van der Waals surface area contributed by atoms with E-state index in [2.05, 4.69) is 27.4 Å². The van der Waals surface area contributed by atoms with Crippen LogP contribution >= 0.6 is 0 Å². The number of pyridine rings is 1. The highest BCUT2D eigenvalue weighted by Gasteiger charge is 2.08. The second-order valence-corrected chi connectivity index (χ2v) is 4.82. The molecule has 0 radical (unpaired) electrons. The summed E-state index contributed by atoms with van der Waals surface area (Å²) in [7, 11) is 0. The first-order valence-electron chi connectivity index (χ1n) is 6.84. The lowest BCUT2D eigenvalue weighted by molar-refractivity contribution is 0.305. The van der Waals surface area contributed by atoms with Gasteiger partial charge in [-0.15, -0.1) is 0 Å². The van der Waals surface area contributed by atoms with Crippen LogP contribution in [0.3, 0.4) is 0 Å². The molecule has 0 amide bonds. The highest BCUT2D eigenvalue weighted by molar-refractivity contribution is 5.25. The molecule has 6 heteroatoms. The Labute approximate surface area is 118 Å². The maximum absolute atomic E-state index is 5.43. The Morgan fingerprint density at radius 2 is 2.20 bits per heavy atom. The van der Waals surface area contributed by atoms with Crippen LogP contribution in [0.2, 0.25) is 0 Å². The van der Waals surface area contributed by atoms with E-state index in [-0.39, 0.29) is 5.92 Å². The van der Waals surface area contributed by atoms with E-state index in [1.54, 1.807) is 6.20 Å². The van der Waals surface area contributed by atoms with Gasteiger partial charge in [0.1, 0.15) is 0 Å².